The van der Waals surface area contributed by atoms with E-state index in [0.29, 0.717) is 34.0 Å². The highest BCUT2D eigenvalue weighted by molar-refractivity contribution is 6.09. The molecule has 1 fully saturated rings. The normalized spacial score (nSPS) is 14.2. The van der Waals surface area contributed by atoms with Crippen LogP contribution < -0.4 is 10.1 Å². The summed E-state index contributed by atoms with van der Waals surface area (Å²) in [4.78, 5) is 17.8. The number of hydrogen-bond donors (Lipinski definition) is 2. The van der Waals surface area contributed by atoms with Crippen LogP contribution in [-0.4, -0.2) is 40.4 Å². The number of aliphatic hydroxyl groups is 1. The first-order valence-corrected chi connectivity index (χ1v) is 11.1. The van der Waals surface area contributed by atoms with Crippen LogP contribution in [0, 0.1) is 6.92 Å². The molecule has 1 unspecified atom stereocenters. The van der Waals surface area contributed by atoms with Gasteiger partial charge in [0.05, 0.1) is 10.9 Å². The van der Waals surface area contributed by atoms with Crippen LogP contribution in [-0.2, 0) is 0 Å². The third-order valence-electron chi connectivity index (χ3n) is 5.68. The summed E-state index contributed by atoms with van der Waals surface area (Å²) in [5.74, 6) is 0.723. The predicted octanol–water partition coefficient (Wildman–Crippen LogP) is 4.25. The fraction of sp³-hybridized carbons (Fsp3) is 0.269. The number of nitrogens with one attached hydrogen (secondary N) is 1. The molecule has 0 radical (unpaired) electrons. The molecule has 0 saturated heterocycles. The Morgan fingerprint density at radius 1 is 1.18 bits per heavy atom. The summed E-state index contributed by atoms with van der Waals surface area (Å²) < 4.78 is 11.2. The number of hydrogen-bond acceptors (Lipinski definition) is 6. The van der Waals surface area contributed by atoms with Gasteiger partial charge in [-0.15, -0.1) is 0 Å². The topological polar surface area (TPSA) is 97.5 Å². The van der Waals surface area contributed by atoms with Crippen molar-refractivity contribution in [1.82, 2.24) is 15.5 Å². The molecule has 7 nitrogen and oxygen atoms in total. The number of aryl methyl sites for hydroxylation is 1. The number of aromatic nitrogens is 2. The van der Waals surface area contributed by atoms with Crippen molar-refractivity contribution in [3.8, 4) is 17.0 Å². The molecule has 1 atom stereocenters. The molecule has 2 N–H and O–H groups in total. The summed E-state index contributed by atoms with van der Waals surface area (Å²) in [6, 6.07) is 19.0. The van der Waals surface area contributed by atoms with Gasteiger partial charge in [-0.25, -0.2) is 4.98 Å². The SMILES string of the molecule is Cc1cccc(OCC(O)CNC(=O)c2cc(C3CC3)nc3onc(-c4ccccc4)c23)c1. The number of aliphatic hydroxyl groups excluding tert-OH is 1. The first-order valence-electron chi connectivity index (χ1n) is 11.1. The molecule has 33 heavy (non-hydrogen) atoms. The van der Waals surface area contributed by atoms with Crippen LogP contribution in [0.1, 0.15) is 40.4 Å². The van der Waals surface area contributed by atoms with Gasteiger partial charge in [0, 0.05) is 23.7 Å². The highest BCUT2D eigenvalue weighted by Gasteiger charge is 2.29. The Kier molecular flexibility index (Phi) is 5.79. The highest BCUT2D eigenvalue weighted by atomic mass is 16.5. The molecule has 0 bridgehead atoms. The van der Waals surface area contributed by atoms with Gasteiger partial charge in [0.1, 0.15) is 24.2 Å². The lowest BCUT2D eigenvalue weighted by molar-refractivity contribution is 0.0845. The fourth-order valence-corrected chi connectivity index (χ4v) is 3.79. The number of pyridine rings is 1. The number of rotatable bonds is 8. The van der Waals surface area contributed by atoms with Gasteiger partial charge < -0.3 is 19.7 Å². The standard InChI is InChI=1S/C26H25N3O4/c1-16-6-5-9-20(12-16)32-15-19(30)14-27-25(31)21-13-22(17-10-11-17)28-26-23(21)24(29-33-26)18-7-3-2-4-8-18/h2-9,12-13,17,19,30H,10-11,14-15H2,1H3,(H,27,31). The van der Waals surface area contributed by atoms with Gasteiger partial charge in [0.2, 0.25) is 0 Å². The largest absolute Gasteiger partial charge is 0.491 e. The number of amides is 1. The molecule has 5 rings (SSSR count). The Hall–Kier alpha value is -3.71. The van der Waals surface area contributed by atoms with E-state index in [-0.39, 0.29) is 19.1 Å². The third-order valence-corrected chi connectivity index (χ3v) is 5.68. The number of benzene rings is 2. The van der Waals surface area contributed by atoms with E-state index in [4.69, 9.17) is 9.26 Å². The first-order chi connectivity index (χ1) is 16.1. The predicted molar refractivity (Wildman–Crippen MR) is 124 cm³/mol. The molecule has 1 aliphatic carbocycles. The zero-order valence-electron chi connectivity index (χ0n) is 18.3. The second-order valence-electron chi connectivity index (χ2n) is 8.44. The quantitative estimate of drug-likeness (QED) is 0.423. The van der Waals surface area contributed by atoms with Crippen LogP contribution in [0.3, 0.4) is 0 Å². The van der Waals surface area contributed by atoms with Crippen molar-refractivity contribution in [1.29, 1.82) is 0 Å². The molecule has 0 spiro atoms. The van der Waals surface area contributed by atoms with Crippen LogP contribution in [0.15, 0.2) is 65.2 Å². The molecule has 1 aliphatic rings. The number of ether oxygens (including phenoxy) is 1. The minimum Gasteiger partial charge on any atom is -0.491 e. The minimum atomic E-state index is -0.856. The third kappa shape index (κ3) is 4.73. The molecule has 2 heterocycles. The van der Waals surface area contributed by atoms with E-state index < -0.39 is 6.10 Å². The Morgan fingerprint density at radius 3 is 2.76 bits per heavy atom. The summed E-state index contributed by atoms with van der Waals surface area (Å²) in [5.41, 5.74) is 4.14. The maximum Gasteiger partial charge on any atom is 0.259 e. The van der Waals surface area contributed by atoms with Crippen molar-refractivity contribution in [2.24, 2.45) is 0 Å². The van der Waals surface area contributed by atoms with Gasteiger partial charge in [-0.2, -0.15) is 0 Å². The van der Waals surface area contributed by atoms with Crippen molar-refractivity contribution in [2.75, 3.05) is 13.2 Å². The van der Waals surface area contributed by atoms with Crippen molar-refractivity contribution in [2.45, 2.75) is 31.8 Å². The molecule has 1 amide bonds. The van der Waals surface area contributed by atoms with Crippen LogP contribution in [0.5, 0.6) is 5.75 Å². The molecule has 2 aromatic heterocycles. The van der Waals surface area contributed by atoms with Gasteiger partial charge in [0.25, 0.3) is 11.6 Å². The molecule has 2 aromatic carbocycles. The number of carbonyl (C=O) groups is 1. The Morgan fingerprint density at radius 2 is 2.00 bits per heavy atom. The lowest BCUT2D eigenvalue weighted by atomic mass is 10.0. The second-order valence-corrected chi connectivity index (χ2v) is 8.44. The Balaban J connectivity index is 1.35. The molecular weight excluding hydrogens is 418 g/mol. The fourth-order valence-electron chi connectivity index (χ4n) is 3.79. The zero-order valence-corrected chi connectivity index (χ0v) is 18.3. The highest BCUT2D eigenvalue weighted by Crippen LogP contribution is 2.41. The van der Waals surface area contributed by atoms with Crippen LogP contribution in [0.4, 0.5) is 0 Å². The van der Waals surface area contributed by atoms with Gasteiger partial charge in [0.15, 0.2) is 0 Å². The van der Waals surface area contributed by atoms with Gasteiger partial charge in [-0.1, -0.05) is 47.6 Å². The number of fused-ring (bicyclic) bond motifs is 1. The van der Waals surface area contributed by atoms with Crippen molar-refractivity contribution < 1.29 is 19.2 Å². The average molecular weight is 444 g/mol. The number of carbonyl (C=O) groups excluding carboxylic acids is 1. The summed E-state index contributed by atoms with van der Waals surface area (Å²) >= 11 is 0. The molecule has 0 aliphatic heterocycles. The molecule has 7 heteroatoms. The maximum atomic E-state index is 13.2. The number of nitrogens with zero attached hydrogens (tertiary/aromatic N) is 2. The van der Waals surface area contributed by atoms with E-state index in [1.807, 2.05) is 67.6 Å². The van der Waals surface area contributed by atoms with Crippen LogP contribution in [0.25, 0.3) is 22.4 Å². The van der Waals surface area contributed by atoms with Gasteiger partial charge in [-0.05, 0) is 43.5 Å². The first kappa shape index (κ1) is 21.2. The van der Waals surface area contributed by atoms with Crippen molar-refractivity contribution in [3.05, 3.63) is 77.5 Å². The van der Waals surface area contributed by atoms with Crippen molar-refractivity contribution in [3.63, 3.8) is 0 Å². The molecule has 4 aromatic rings. The van der Waals surface area contributed by atoms with E-state index >= 15 is 0 Å². The van der Waals surface area contributed by atoms with E-state index in [1.165, 1.54) is 0 Å². The monoisotopic (exact) mass is 443 g/mol. The maximum absolute atomic E-state index is 13.2. The van der Waals surface area contributed by atoms with Gasteiger partial charge in [-0.3, -0.25) is 4.79 Å². The summed E-state index contributed by atoms with van der Waals surface area (Å²) in [7, 11) is 0. The van der Waals surface area contributed by atoms with Crippen LogP contribution >= 0.6 is 0 Å². The Bertz CT molecular complexity index is 1280. The summed E-state index contributed by atoms with van der Waals surface area (Å²) in [6.45, 7) is 2.10. The van der Waals surface area contributed by atoms with E-state index in [0.717, 1.165) is 29.7 Å². The van der Waals surface area contributed by atoms with E-state index in [2.05, 4.69) is 15.5 Å². The second kappa shape index (κ2) is 9.03. The summed E-state index contributed by atoms with van der Waals surface area (Å²) in [5, 5.41) is 18.0. The van der Waals surface area contributed by atoms with Crippen molar-refractivity contribution >= 4 is 17.0 Å². The van der Waals surface area contributed by atoms with Crippen LogP contribution in [0.2, 0.25) is 0 Å². The molecule has 1 saturated carbocycles. The zero-order chi connectivity index (χ0) is 22.8. The van der Waals surface area contributed by atoms with E-state index in [9.17, 15) is 9.90 Å². The lowest BCUT2D eigenvalue weighted by Crippen LogP contribution is -2.35. The molecular formula is C26H25N3O4. The lowest BCUT2D eigenvalue weighted by Gasteiger charge is -2.14. The smallest absolute Gasteiger partial charge is 0.259 e. The van der Waals surface area contributed by atoms with Gasteiger partial charge >= 0.3 is 0 Å². The average Bonchev–Trinajstić information content (AvgIpc) is 3.60. The molecule has 168 valence electrons. The summed E-state index contributed by atoms with van der Waals surface area (Å²) in [6.07, 6.45) is 1.24. The van der Waals surface area contributed by atoms with E-state index in [1.54, 1.807) is 0 Å². The Labute approximate surface area is 191 Å². The minimum absolute atomic E-state index is 0.0547.